The van der Waals surface area contributed by atoms with Crippen LogP contribution in [0.1, 0.15) is 13.3 Å². The average Bonchev–Trinajstić information content (AvgIpc) is 2.47. The molecular formula is C15H16BFN2O2S. The van der Waals surface area contributed by atoms with Gasteiger partial charge in [-0.1, -0.05) is 11.5 Å². The lowest BCUT2D eigenvalue weighted by molar-refractivity contribution is -0.130. The quantitative estimate of drug-likeness (QED) is 0.677. The Labute approximate surface area is 134 Å². The first kappa shape index (κ1) is 16.6. The number of benzene rings is 1. The fourth-order valence-corrected chi connectivity index (χ4v) is 2.85. The molecule has 7 heteroatoms. The smallest absolute Gasteiger partial charge is 0.219 e. The van der Waals surface area contributed by atoms with Gasteiger partial charge in [-0.3, -0.25) is 9.59 Å². The van der Waals surface area contributed by atoms with Crippen molar-refractivity contribution in [2.75, 3.05) is 24.7 Å². The molecule has 0 spiro atoms. The lowest BCUT2D eigenvalue weighted by atomic mass is 9.96. The standard InChI is InChI=1S/C15H16BFN2O2S/c1-9(20)19-6-5-14(21)11(8-19)15(22-2)18-13-4-3-10(16)7-12(13)17/h3-4,7,18H,5-6,8H2,1-2H3/b15-11-. The zero-order chi connectivity index (χ0) is 16.3. The number of amides is 1. The van der Waals surface area contributed by atoms with E-state index < -0.39 is 5.82 Å². The summed E-state index contributed by atoms with van der Waals surface area (Å²) in [5.74, 6) is -0.590. The fourth-order valence-electron chi connectivity index (χ4n) is 2.22. The number of piperidine rings is 1. The van der Waals surface area contributed by atoms with Crippen LogP contribution in [0, 0.1) is 5.82 Å². The Morgan fingerprint density at radius 3 is 2.77 bits per heavy atom. The summed E-state index contributed by atoms with van der Waals surface area (Å²) in [5, 5.41) is 3.49. The molecule has 2 radical (unpaired) electrons. The Balaban J connectivity index is 2.31. The average molecular weight is 318 g/mol. The second-order valence-electron chi connectivity index (χ2n) is 4.99. The normalized spacial score (nSPS) is 17.4. The molecule has 4 nitrogen and oxygen atoms in total. The zero-order valence-electron chi connectivity index (χ0n) is 12.5. The first-order chi connectivity index (χ1) is 10.4. The number of Topliss-reactive ketones (excluding diaryl/α,β-unsaturated/α-hetero) is 1. The summed E-state index contributed by atoms with van der Waals surface area (Å²) in [4.78, 5) is 25.2. The number of carbonyl (C=O) groups excluding carboxylic acids is 2. The van der Waals surface area contributed by atoms with E-state index in [0.29, 0.717) is 22.6 Å². The molecule has 0 unspecified atom stereocenters. The van der Waals surface area contributed by atoms with Crippen LogP contribution in [0.2, 0.25) is 0 Å². The minimum Gasteiger partial charge on any atom is -0.347 e. The molecule has 1 aromatic rings. The molecule has 1 fully saturated rings. The highest BCUT2D eigenvalue weighted by molar-refractivity contribution is 8.02. The van der Waals surface area contributed by atoms with Crippen LogP contribution < -0.4 is 10.8 Å². The van der Waals surface area contributed by atoms with Gasteiger partial charge in [-0.05, 0) is 18.4 Å². The van der Waals surface area contributed by atoms with Gasteiger partial charge in [0, 0.05) is 25.5 Å². The number of anilines is 1. The molecule has 1 heterocycles. The van der Waals surface area contributed by atoms with Crippen molar-refractivity contribution in [3.8, 4) is 0 Å². The maximum atomic E-state index is 13.9. The van der Waals surface area contributed by atoms with E-state index >= 15 is 0 Å². The lowest BCUT2D eigenvalue weighted by Crippen LogP contribution is -2.39. The molecular weight excluding hydrogens is 302 g/mol. The molecule has 2 rings (SSSR count). The second-order valence-corrected chi connectivity index (χ2v) is 5.81. The number of halogens is 1. The van der Waals surface area contributed by atoms with Crippen molar-refractivity contribution in [3.63, 3.8) is 0 Å². The number of likely N-dealkylation sites (tertiary alicyclic amines) is 1. The first-order valence-electron chi connectivity index (χ1n) is 6.80. The van der Waals surface area contributed by atoms with Gasteiger partial charge in [0.05, 0.1) is 17.3 Å². The van der Waals surface area contributed by atoms with E-state index in [0.717, 1.165) is 0 Å². The van der Waals surface area contributed by atoms with E-state index in [1.807, 2.05) is 0 Å². The van der Waals surface area contributed by atoms with E-state index in [2.05, 4.69) is 5.32 Å². The van der Waals surface area contributed by atoms with Gasteiger partial charge in [0.2, 0.25) is 5.91 Å². The van der Waals surface area contributed by atoms with Crippen LogP contribution in [0.4, 0.5) is 10.1 Å². The Kier molecular flexibility index (Phi) is 5.29. The van der Waals surface area contributed by atoms with Crippen LogP contribution in [0.25, 0.3) is 0 Å². The summed E-state index contributed by atoms with van der Waals surface area (Å²) in [7, 11) is 5.52. The number of hydrogen-bond acceptors (Lipinski definition) is 4. The van der Waals surface area contributed by atoms with Crippen molar-refractivity contribution >= 4 is 42.4 Å². The van der Waals surface area contributed by atoms with Crippen molar-refractivity contribution in [3.05, 3.63) is 34.6 Å². The van der Waals surface area contributed by atoms with Crippen LogP contribution in [-0.4, -0.2) is 43.8 Å². The molecule has 1 aromatic carbocycles. The lowest BCUT2D eigenvalue weighted by Gasteiger charge is -2.28. The summed E-state index contributed by atoms with van der Waals surface area (Å²) in [6, 6.07) is 4.32. The predicted octanol–water partition coefficient (Wildman–Crippen LogP) is 1.43. The predicted molar refractivity (Wildman–Crippen MR) is 87.8 cm³/mol. The van der Waals surface area contributed by atoms with Crippen molar-refractivity contribution in [1.29, 1.82) is 0 Å². The maximum absolute atomic E-state index is 13.9. The van der Waals surface area contributed by atoms with Gasteiger partial charge >= 0.3 is 0 Å². The highest BCUT2D eigenvalue weighted by atomic mass is 32.2. The molecule has 0 atom stereocenters. The topological polar surface area (TPSA) is 49.4 Å². The Hall–Kier alpha value is -1.76. The number of rotatable bonds is 3. The second kappa shape index (κ2) is 7.00. The third-order valence-corrected chi connectivity index (χ3v) is 4.22. The van der Waals surface area contributed by atoms with Crippen molar-refractivity contribution in [2.45, 2.75) is 13.3 Å². The molecule has 0 aromatic heterocycles. The van der Waals surface area contributed by atoms with Gasteiger partial charge in [0.15, 0.2) is 5.78 Å². The van der Waals surface area contributed by atoms with Crippen molar-refractivity contribution in [2.24, 2.45) is 0 Å². The number of carbonyl (C=O) groups is 2. The highest BCUT2D eigenvalue weighted by Gasteiger charge is 2.26. The van der Waals surface area contributed by atoms with Crippen LogP contribution >= 0.6 is 11.8 Å². The molecule has 0 aliphatic carbocycles. The molecule has 1 saturated heterocycles. The monoisotopic (exact) mass is 318 g/mol. The minimum atomic E-state index is -0.487. The summed E-state index contributed by atoms with van der Waals surface area (Å²) in [6.45, 7) is 2.14. The highest BCUT2D eigenvalue weighted by Crippen LogP contribution is 2.26. The Morgan fingerprint density at radius 1 is 1.45 bits per heavy atom. The molecule has 0 bridgehead atoms. The minimum absolute atomic E-state index is 0.0230. The summed E-state index contributed by atoms with van der Waals surface area (Å²) < 4.78 is 13.9. The van der Waals surface area contributed by atoms with Crippen LogP contribution in [0.3, 0.4) is 0 Å². The number of thioether (sulfide) groups is 1. The molecule has 1 amide bonds. The number of ketones is 1. The molecule has 114 valence electrons. The van der Waals surface area contributed by atoms with E-state index in [9.17, 15) is 14.0 Å². The van der Waals surface area contributed by atoms with Gasteiger partial charge in [-0.2, -0.15) is 0 Å². The van der Waals surface area contributed by atoms with Gasteiger partial charge in [0.1, 0.15) is 13.7 Å². The third-order valence-electron chi connectivity index (χ3n) is 3.46. The van der Waals surface area contributed by atoms with Crippen molar-refractivity contribution < 1.29 is 14.0 Å². The Bertz CT molecular complexity index is 648. The third kappa shape index (κ3) is 3.71. The van der Waals surface area contributed by atoms with Gasteiger partial charge in [-0.25, -0.2) is 4.39 Å². The summed E-state index contributed by atoms with van der Waals surface area (Å²) in [6.07, 6.45) is 2.08. The van der Waals surface area contributed by atoms with E-state index in [-0.39, 0.29) is 30.3 Å². The number of nitrogens with one attached hydrogen (secondary N) is 1. The number of nitrogens with zero attached hydrogens (tertiary/aromatic N) is 1. The zero-order valence-corrected chi connectivity index (χ0v) is 13.3. The molecule has 1 N–H and O–H groups in total. The SMILES string of the molecule is [B]c1ccc(N/C(SC)=C2\CN(C(C)=O)CCC2=O)c(F)c1. The largest absolute Gasteiger partial charge is 0.347 e. The van der Waals surface area contributed by atoms with Crippen molar-refractivity contribution in [1.82, 2.24) is 4.90 Å². The Morgan fingerprint density at radius 2 is 2.18 bits per heavy atom. The summed E-state index contributed by atoms with van der Waals surface area (Å²) in [5.41, 5.74) is 1.09. The molecule has 22 heavy (non-hydrogen) atoms. The molecule has 1 aliphatic heterocycles. The van der Waals surface area contributed by atoms with Gasteiger partial charge in [0.25, 0.3) is 0 Å². The molecule has 1 aliphatic rings. The maximum Gasteiger partial charge on any atom is 0.219 e. The van der Waals surface area contributed by atoms with Gasteiger partial charge < -0.3 is 10.2 Å². The van der Waals surface area contributed by atoms with Crippen LogP contribution in [-0.2, 0) is 9.59 Å². The number of hydrogen-bond donors (Lipinski definition) is 1. The van der Waals surface area contributed by atoms with Gasteiger partial charge in [-0.15, -0.1) is 11.8 Å². The summed E-state index contributed by atoms with van der Waals surface area (Å²) >= 11 is 1.31. The van der Waals surface area contributed by atoms with E-state index in [1.165, 1.54) is 30.8 Å². The first-order valence-corrected chi connectivity index (χ1v) is 8.02. The van der Waals surface area contributed by atoms with Crippen LogP contribution in [0.15, 0.2) is 28.8 Å². The van der Waals surface area contributed by atoms with Crippen LogP contribution in [0.5, 0.6) is 0 Å². The molecule has 0 saturated carbocycles. The van der Waals surface area contributed by atoms with E-state index in [4.69, 9.17) is 7.85 Å². The fraction of sp³-hybridized carbons (Fsp3) is 0.333. The van der Waals surface area contributed by atoms with E-state index in [1.54, 1.807) is 17.2 Å².